The van der Waals surface area contributed by atoms with Crippen molar-refractivity contribution in [3.05, 3.63) is 70.0 Å². The van der Waals surface area contributed by atoms with Gasteiger partial charge in [-0.15, -0.1) is 0 Å². The predicted octanol–water partition coefficient (Wildman–Crippen LogP) is 5.15. The summed E-state index contributed by atoms with van der Waals surface area (Å²) in [5.74, 6) is 0.857. The van der Waals surface area contributed by atoms with Gasteiger partial charge in [-0.05, 0) is 105 Å². The maximum atomic E-state index is 13.1. The monoisotopic (exact) mass is 396 g/mol. The molecule has 5 heteroatoms. The van der Waals surface area contributed by atoms with Gasteiger partial charge in [0, 0.05) is 0 Å². The molecular formula is C24H29FN2O2. The summed E-state index contributed by atoms with van der Waals surface area (Å²) in [6.45, 7) is 2.07. The van der Waals surface area contributed by atoms with Crippen LogP contribution >= 0.6 is 0 Å². The maximum Gasteiger partial charge on any atom is 0.417 e. The molecule has 0 radical (unpaired) electrons. The summed E-state index contributed by atoms with van der Waals surface area (Å²) in [6, 6.07) is 13.0. The molecule has 3 aromatic rings. The number of oxazole rings is 1. The number of benzene rings is 2. The molecule has 0 atom stereocenters. The fraction of sp³-hybridized carbons (Fsp3) is 0.458. The Morgan fingerprint density at radius 1 is 1.03 bits per heavy atom. The maximum absolute atomic E-state index is 13.1. The smallest absolute Gasteiger partial charge is 0.408 e. The number of hydrogen-bond donors (Lipinski definition) is 2. The van der Waals surface area contributed by atoms with Crippen molar-refractivity contribution in [2.24, 2.45) is 5.92 Å². The molecule has 0 amide bonds. The standard InChI is InChI=1S/C24H29FN2O2/c25-21-10-8-20(9-11-21)19-6-3-17(4-7-19)13-15-26-14-1-2-18-5-12-22-23(16-18)29-24(28)27-22/h5,8-12,16-17,19,26H,1-4,6-7,13-15H2,(H,27,28)/t17-,19-. The molecule has 2 N–H and O–H groups in total. The summed E-state index contributed by atoms with van der Waals surface area (Å²) in [5, 5.41) is 3.57. The van der Waals surface area contributed by atoms with Gasteiger partial charge in [0.05, 0.1) is 5.52 Å². The van der Waals surface area contributed by atoms with Crippen LogP contribution in [0.4, 0.5) is 4.39 Å². The Kier molecular flexibility index (Phi) is 6.45. The zero-order valence-electron chi connectivity index (χ0n) is 16.8. The second kappa shape index (κ2) is 9.40. The molecular weight excluding hydrogens is 367 g/mol. The molecule has 1 aliphatic rings. The van der Waals surface area contributed by atoms with E-state index in [0.29, 0.717) is 11.5 Å². The van der Waals surface area contributed by atoms with Crippen molar-refractivity contribution in [3.63, 3.8) is 0 Å². The minimum absolute atomic E-state index is 0.148. The molecule has 1 saturated carbocycles. The first-order chi connectivity index (χ1) is 14.2. The van der Waals surface area contributed by atoms with Crippen LogP contribution in [0.5, 0.6) is 0 Å². The molecule has 0 spiro atoms. The molecule has 2 aromatic carbocycles. The summed E-state index contributed by atoms with van der Waals surface area (Å²) >= 11 is 0. The minimum atomic E-state index is -0.398. The van der Waals surface area contributed by atoms with E-state index in [9.17, 15) is 9.18 Å². The first kappa shape index (κ1) is 19.9. The lowest BCUT2D eigenvalue weighted by atomic mass is 9.77. The molecule has 4 nitrogen and oxygen atoms in total. The predicted molar refractivity (Wildman–Crippen MR) is 114 cm³/mol. The molecule has 0 saturated heterocycles. The number of nitrogens with one attached hydrogen (secondary N) is 2. The van der Waals surface area contributed by atoms with Crippen LogP contribution in [0, 0.1) is 11.7 Å². The van der Waals surface area contributed by atoms with E-state index < -0.39 is 5.76 Å². The van der Waals surface area contributed by atoms with Gasteiger partial charge in [-0.3, -0.25) is 4.98 Å². The number of rotatable bonds is 8. The zero-order chi connectivity index (χ0) is 20.1. The Morgan fingerprint density at radius 3 is 2.62 bits per heavy atom. The average molecular weight is 397 g/mol. The Morgan fingerprint density at radius 2 is 1.83 bits per heavy atom. The van der Waals surface area contributed by atoms with Crippen LogP contribution in [-0.2, 0) is 6.42 Å². The second-order valence-electron chi connectivity index (χ2n) is 8.26. The van der Waals surface area contributed by atoms with Gasteiger partial charge in [0.25, 0.3) is 0 Å². The van der Waals surface area contributed by atoms with Gasteiger partial charge in [-0.2, -0.15) is 0 Å². The van der Waals surface area contributed by atoms with Crippen LogP contribution in [0.2, 0.25) is 0 Å². The fourth-order valence-electron chi connectivity index (χ4n) is 4.51. The minimum Gasteiger partial charge on any atom is -0.408 e. The first-order valence-electron chi connectivity index (χ1n) is 10.8. The largest absolute Gasteiger partial charge is 0.417 e. The van der Waals surface area contributed by atoms with E-state index in [4.69, 9.17) is 4.42 Å². The van der Waals surface area contributed by atoms with Crippen LogP contribution in [0.3, 0.4) is 0 Å². The Bertz CT molecular complexity index is 968. The molecule has 154 valence electrons. The third-order valence-corrected chi connectivity index (χ3v) is 6.22. The van der Waals surface area contributed by atoms with Gasteiger partial charge in [-0.1, -0.05) is 18.2 Å². The number of aryl methyl sites for hydroxylation is 1. The quantitative estimate of drug-likeness (QED) is 0.518. The topological polar surface area (TPSA) is 58.0 Å². The second-order valence-corrected chi connectivity index (χ2v) is 8.26. The third-order valence-electron chi connectivity index (χ3n) is 6.22. The van der Waals surface area contributed by atoms with Crippen LogP contribution in [0.1, 0.15) is 55.6 Å². The number of H-pyrrole nitrogens is 1. The highest BCUT2D eigenvalue weighted by Gasteiger charge is 2.22. The van der Waals surface area contributed by atoms with Crippen LogP contribution in [-0.4, -0.2) is 18.1 Å². The van der Waals surface area contributed by atoms with Gasteiger partial charge in [0.15, 0.2) is 5.58 Å². The molecule has 1 fully saturated rings. The molecule has 0 aliphatic heterocycles. The first-order valence-corrected chi connectivity index (χ1v) is 10.8. The van der Waals surface area contributed by atoms with E-state index in [1.165, 1.54) is 43.2 Å². The number of aromatic amines is 1. The van der Waals surface area contributed by atoms with E-state index in [1.807, 2.05) is 30.3 Å². The van der Waals surface area contributed by atoms with E-state index in [1.54, 1.807) is 12.1 Å². The van der Waals surface area contributed by atoms with Gasteiger partial charge < -0.3 is 9.73 Å². The number of halogens is 1. The summed E-state index contributed by atoms with van der Waals surface area (Å²) in [4.78, 5) is 13.9. The molecule has 1 aromatic heterocycles. The molecule has 1 aliphatic carbocycles. The Labute approximate surface area is 170 Å². The summed E-state index contributed by atoms with van der Waals surface area (Å²) in [7, 11) is 0. The van der Waals surface area contributed by atoms with Gasteiger partial charge >= 0.3 is 5.76 Å². The molecule has 0 bridgehead atoms. The Hall–Kier alpha value is -2.40. The van der Waals surface area contributed by atoms with E-state index in [-0.39, 0.29) is 5.82 Å². The average Bonchev–Trinajstić information content (AvgIpc) is 3.11. The summed E-state index contributed by atoms with van der Waals surface area (Å²) in [5.41, 5.74) is 3.88. The summed E-state index contributed by atoms with van der Waals surface area (Å²) in [6.07, 6.45) is 8.24. The lowest BCUT2D eigenvalue weighted by molar-refractivity contribution is 0.306. The van der Waals surface area contributed by atoms with Gasteiger partial charge in [0.2, 0.25) is 0 Å². The van der Waals surface area contributed by atoms with Crippen LogP contribution < -0.4 is 11.1 Å². The van der Waals surface area contributed by atoms with Crippen molar-refractivity contribution in [3.8, 4) is 0 Å². The highest BCUT2D eigenvalue weighted by Crippen LogP contribution is 2.36. The van der Waals surface area contributed by atoms with E-state index >= 15 is 0 Å². The fourth-order valence-corrected chi connectivity index (χ4v) is 4.51. The number of fused-ring (bicyclic) bond motifs is 1. The van der Waals surface area contributed by atoms with E-state index in [0.717, 1.165) is 37.4 Å². The SMILES string of the molecule is O=c1[nH]c2ccc(CCCNCC[C@H]3CC[C@H](c4ccc(F)cc4)CC3)cc2o1. The number of hydrogen-bond acceptors (Lipinski definition) is 3. The van der Waals surface area contributed by atoms with Crippen LogP contribution in [0.25, 0.3) is 11.1 Å². The number of aromatic nitrogens is 1. The molecule has 0 unspecified atom stereocenters. The molecule has 4 rings (SSSR count). The van der Waals surface area contributed by atoms with Gasteiger partial charge in [0.1, 0.15) is 5.82 Å². The zero-order valence-corrected chi connectivity index (χ0v) is 16.8. The van der Waals surface area contributed by atoms with Crippen molar-refractivity contribution >= 4 is 11.1 Å². The lowest BCUT2D eigenvalue weighted by Crippen LogP contribution is -2.22. The summed E-state index contributed by atoms with van der Waals surface area (Å²) < 4.78 is 18.2. The highest BCUT2D eigenvalue weighted by molar-refractivity contribution is 5.72. The lowest BCUT2D eigenvalue weighted by Gasteiger charge is -2.29. The van der Waals surface area contributed by atoms with Gasteiger partial charge in [-0.25, -0.2) is 9.18 Å². The van der Waals surface area contributed by atoms with Crippen molar-refractivity contribution in [2.75, 3.05) is 13.1 Å². The molecule has 29 heavy (non-hydrogen) atoms. The Balaban J connectivity index is 1.11. The third kappa shape index (κ3) is 5.36. The molecule has 1 heterocycles. The van der Waals surface area contributed by atoms with Crippen molar-refractivity contribution < 1.29 is 8.81 Å². The normalized spacial score (nSPS) is 19.6. The van der Waals surface area contributed by atoms with E-state index in [2.05, 4.69) is 10.3 Å². The van der Waals surface area contributed by atoms with Crippen molar-refractivity contribution in [2.45, 2.75) is 50.9 Å². The van der Waals surface area contributed by atoms with Crippen molar-refractivity contribution in [1.82, 2.24) is 10.3 Å². The highest BCUT2D eigenvalue weighted by atomic mass is 19.1. The van der Waals surface area contributed by atoms with Crippen LogP contribution in [0.15, 0.2) is 51.7 Å². The van der Waals surface area contributed by atoms with Crippen molar-refractivity contribution in [1.29, 1.82) is 0 Å².